The van der Waals surface area contributed by atoms with Crippen LogP contribution >= 0.6 is 0 Å². The lowest BCUT2D eigenvalue weighted by Crippen LogP contribution is -2.23. The molecule has 1 aliphatic rings. The molecule has 0 radical (unpaired) electrons. The van der Waals surface area contributed by atoms with Gasteiger partial charge in [-0.1, -0.05) is 0 Å². The summed E-state index contributed by atoms with van der Waals surface area (Å²) in [5.74, 6) is 0.514. The van der Waals surface area contributed by atoms with E-state index < -0.39 is 0 Å². The first-order valence-electron chi connectivity index (χ1n) is 7.41. The molecule has 0 spiro atoms. The van der Waals surface area contributed by atoms with Crippen LogP contribution in [0.2, 0.25) is 0 Å². The zero-order valence-corrected chi connectivity index (χ0v) is 12.5. The molecule has 3 heterocycles. The fourth-order valence-corrected chi connectivity index (χ4v) is 2.37. The van der Waals surface area contributed by atoms with E-state index in [1.165, 1.54) is 0 Å². The summed E-state index contributed by atoms with van der Waals surface area (Å²) in [7, 11) is 1.82. The van der Waals surface area contributed by atoms with Crippen LogP contribution in [0.5, 0.6) is 0 Å². The van der Waals surface area contributed by atoms with E-state index >= 15 is 0 Å². The topological polar surface area (TPSA) is 81.9 Å². The van der Waals surface area contributed by atoms with Crippen molar-refractivity contribution in [3.8, 4) is 0 Å². The Balaban J connectivity index is 1.55. The van der Waals surface area contributed by atoms with E-state index in [2.05, 4.69) is 20.3 Å². The molecule has 0 aromatic carbocycles. The van der Waals surface area contributed by atoms with Crippen LogP contribution in [0, 0.1) is 0 Å². The van der Waals surface area contributed by atoms with Crippen molar-refractivity contribution in [2.24, 2.45) is 7.05 Å². The molecule has 1 atom stereocenters. The molecule has 0 bridgehead atoms. The van der Waals surface area contributed by atoms with Gasteiger partial charge in [-0.2, -0.15) is 0 Å². The molecular formula is C15H19N5O2. The van der Waals surface area contributed by atoms with Crippen molar-refractivity contribution in [2.45, 2.75) is 31.9 Å². The molecular weight excluding hydrogens is 282 g/mol. The molecule has 1 amide bonds. The normalized spacial score (nSPS) is 18.1. The molecule has 2 aromatic rings. The van der Waals surface area contributed by atoms with Crippen molar-refractivity contribution in [3.63, 3.8) is 0 Å². The van der Waals surface area contributed by atoms with E-state index in [0.717, 1.165) is 37.3 Å². The Morgan fingerprint density at radius 2 is 2.18 bits per heavy atom. The van der Waals surface area contributed by atoms with Crippen molar-refractivity contribution in [1.82, 2.24) is 24.8 Å². The third kappa shape index (κ3) is 3.48. The van der Waals surface area contributed by atoms with Gasteiger partial charge >= 0.3 is 0 Å². The lowest BCUT2D eigenvalue weighted by Gasteiger charge is -2.21. The van der Waals surface area contributed by atoms with E-state index in [1.807, 2.05) is 7.05 Å². The van der Waals surface area contributed by atoms with Gasteiger partial charge in [0.15, 0.2) is 5.82 Å². The van der Waals surface area contributed by atoms with Crippen molar-refractivity contribution in [2.75, 3.05) is 6.61 Å². The average Bonchev–Trinajstić information content (AvgIpc) is 3.00. The van der Waals surface area contributed by atoms with E-state index in [1.54, 1.807) is 29.5 Å². The number of aromatic nitrogens is 4. The molecule has 3 rings (SSSR count). The van der Waals surface area contributed by atoms with Gasteiger partial charge < -0.3 is 14.6 Å². The van der Waals surface area contributed by atoms with E-state index in [4.69, 9.17) is 4.74 Å². The van der Waals surface area contributed by atoms with Crippen LogP contribution in [-0.2, 0) is 18.3 Å². The highest BCUT2D eigenvalue weighted by atomic mass is 16.5. The number of hydrogen-bond donors (Lipinski definition) is 1. The predicted molar refractivity (Wildman–Crippen MR) is 79.0 cm³/mol. The van der Waals surface area contributed by atoms with Crippen molar-refractivity contribution >= 4 is 5.91 Å². The first-order valence-corrected chi connectivity index (χ1v) is 7.41. The summed E-state index contributed by atoms with van der Waals surface area (Å²) in [6.45, 7) is 1.15. The van der Waals surface area contributed by atoms with Gasteiger partial charge in [-0.25, -0.2) is 15.0 Å². The van der Waals surface area contributed by atoms with Gasteiger partial charge in [0, 0.05) is 44.4 Å². The summed E-state index contributed by atoms with van der Waals surface area (Å²) < 4.78 is 7.39. The summed E-state index contributed by atoms with van der Waals surface area (Å²) in [6, 6.07) is 0. The number of ether oxygens (including phenoxy) is 1. The van der Waals surface area contributed by atoms with E-state index in [0.29, 0.717) is 12.2 Å². The summed E-state index contributed by atoms with van der Waals surface area (Å²) in [4.78, 5) is 24.6. The Morgan fingerprint density at radius 3 is 2.82 bits per heavy atom. The number of imidazole rings is 1. The molecule has 0 unspecified atom stereocenters. The molecule has 7 heteroatoms. The number of carbonyl (C=O) groups excluding carboxylic acids is 1. The zero-order chi connectivity index (χ0) is 15.4. The van der Waals surface area contributed by atoms with Gasteiger partial charge in [0.05, 0.1) is 6.33 Å². The van der Waals surface area contributed by atoms with Crippen LogP contribution in [-0.4, -0.2) is 32.0 Å². The Labute approximate surface area is 128 Å². The van der Waals surface area contributed by atoms with Gasteiger partial charge in [-0.05, 0) is 19.3 Å². The average molecular weight is 301 g/mol. The number of nitrogens with one attached hydrogen (secondary N) is 1. The minimum absolute atomic E-state index is 0.00547. The molecule has 1 aliphatic heterocycles. The van der Waals surface area contributed by atoms with Crippen LogP contribution in [0.4, 0.5) is 0 Å². The fourth-order valence-electron chi connectivity index (χ4n) is 2.37. The Bertz CT molecular complexity index is 632. The van der Waals surface area contributed by atoms with Crippen molar-refractivity contribution < 1.29 is 9.53 Å². The van der Waals surface area contributed by atoms with Crippen LogP contribution in [0.3, 0.4) is 0 Å². The summed E-state index contributed by atoms with van der Waals surface area (Å²) in [5, 5.41) is 2.80. The molecule has 1 N–H and O–H groups in total. The third-order valence-corrected chi connectivity index (χ3v) is 3.58. The fraction of sp³-hybridized carbons (Fsp3) is 0.467. The van der Waals surface area contributed by atoms with Crippen LogP contribution in [0.25, 0.3) is 0 Å². The Kier molecular flexibility index (Phi) is 4.43. The van der Waals surface area contributed by atoms with Crippen molar-refractivity contribution in [1.29, 1.82) is 0 Å². The molecule has 2 aromatic heterocycles. The summed E-state index contributed by atoms with van der Waals surface area (Å²) in [5.41, 5.74) is 1.25. The largest absolute Gasteiger partial charge is 0.370 e. The van der Waals surface area contributed by atoms with E-state index in [-0.39, 0.29) is 12.0 Å². The van der Waals surface area contributed by atoms with E-state index in [9.17, 15) is 4.79 Å². The first-order chi connectivity index (χ1) is 10.7. The smallest absolute Gasteiger partial charge is 0.271 e. The van der Waals surface area contributed by atoms with Crippen LogP contribution in [0.1, 0.15) is 47.2 Å². The Morgan fingerprint density at radius 1 is 1.36 bits per heavy atom. The standard InChI is InChI=1S/C15H19N5O2/c1-20-9-12(19-10-20)15(21)18-8-11-6-16-14(17-7-11)13-4-2-3-5-22-13/h6-7,9-10,13H,2-5,8H2,1H3,(H,18,21)/t13-/m0/s1. The second-order valence-electron chi connectivity index (χ2n) is 5.41. The third-order valence-electron chi connectivity index (χ3n) is 3.58. The number of amides is 1. The minimum Gasteiger partial charge on any atom is -0.370 e. The highest BCUT2D eigenvalue weighted by Crippen LogP contribution is 2.24. The highest BCUT2D eigenvalue weighted by Gasteiger charge is 2.18. The SMILES string of the molecule is Cn1cnc(C(=O)NCc2cnc([C@@H]3CCCCO3)nc2)c1. The van der Waals surface area contributed by atoms with Crippen molar-refractivity contribution in [3.05, 3.63) is 42.0 Å². The Hall–Kier alpha value is -2.28. The number of rotatable bonds is 4. The molecule has 0 aliphatic carbocycles. The maximum atomic E-state index is 11.9. The lowest BCUT2D eigenvalue weighted by atomic mass is 10.1. The molecule has 7 nitrogen and oxygen atoms in total. The maximum absolute atomic E-state index is 11.9. The van der Waals surface area contributed by atoms with Gasteiger partial charge in [0.25, 0.3) is 5.91 Å². The number of nitrogens with zero attached hydrogens (tertiary/aromatic N) is 4. The second-order valence-corrected chi connectivity index (χ2v) is 5.41. The van der Waals surface area contributed by atoms with Gasteiger partial charge in [-0.15, -0.1) is 0 Å². The number of aryl methyl sites for hydroxylation is 1. The van der Waals surface area contributed by atoms with Gasteiger partial charge in [0.1, 0.15) is 11.8 Å². The monoisotopic (exact) mass is 301 g/mol. The van der Waals surface area contributed by atoms with Crippen LogP contribution in [0.15, 0.2) is 24.9 Å². The molecule has 116 valence electrons. The predicted octanol–water partition coefficient (Wildman–Crippen LogP) is 1.38. The van der Waals surface area contributed by atoms with Gasteiger partial charge in [0.2, 0.25) is 0 Å². The summed E-state index contributed by atoms with van der Waals surface area (Å²) in [6.07, 6.45) is 9.97. The van der Waals surface area contributed by atoms with Gasteiger partial charge in [-0.3, -0.25) is 4.79 Å². The zero-order valence-electron chi connectivity index (χ0n) is 12.5. The molecule has 1 saturated heterocycles. The lowest BCUT2D eigenvalue weighted by molar-refractivity contribution is 0.00940. The van der Waals surface area contributed by atoms with Crippen LogP contribution < -0.4 is 5.32 Å². The molecule has 1 fully saturated rings. The molecule has 0 saturated carbocycles. The highest BCUT2D eigenvalue weighted by molar-refractivity contribution is 5.91. The summed E-state index contributed by atoms with van der Waals surface area (Å²) >= 11 is 0. The quantitative estimate of drug-likeness (QED) is 0.922. The molecule has 22 heavy (non-hydrogen) atoms. The second kappa shape index (κ2) is 6.65. The number of hydrogen-bond acceptors (Lipinski definition) is 5. The number of carbonyl (C=O) groups is 1. The minimum atomic E-state index is -0.208. The maximum Gasteiger partial charge on any atom is 0.271 e. The first kappa shape index (κ1) is 14.6.